The normalized spacial score (nSPS) is 23.5. The Morgan fingerprint density at radius 2 is 2.04 bits per heavy atom. The maximum absolute atomic E-state index is 10.5. The SMILES string of the molecule is CCNC(=NCC1(O)CCSC1)N1CCC(=Cc2ccccc2)CC1.I. The van der Waals surface area contributed by atoms with Crippen LogP contribution in [0.4, 0.5) is 0 Å². The van der Waals surface area contributed by atoms with Gasteiger partial charge in [0, 0.05) is 25.4 Å². The number of benzene rings is 1. The van der Waals surface area contributed by atoms with E-state index < -0.39 is 5.60 Å². The summed E-state index contributed by atoms with van der Waals surface area (Å²) in [6, 6.07) is 10.5. The van der Waals surface area contributed by atoms with E-state index in [4.69, 9.17) is 4.99 Å². The van der Waals surface area contributed by atoms with Crippen LogP contribution < -0.4 is 5.32 Å². The molecule has 4 nitrogen and oxygen atoms in total. The number of thioether (sulfide) groups is 1. The van der Waals surface area contributed by atoms with E-state index in [9.17, 15) is 5.11 Å². The number of aliphatic imine (C=N–C) groups is 1. The topological polar surface area (TPSA) is 47.9 Å². The van der Waals surface area contributed by atoms with Crippen LogP contribution in [0.1, 0.15) is 31.7 Å². The molecule has 0 aromatic heterocycles. The van der Waals surface area contributed by atoms with Gasteiger partial charge in [-0.25, -0.2) is 0 Å². The van der Waals surface area contributed by atoms with E-state index in [1.165, 1.54) is 11.1 Å². The molecule has 144 valence electrons. The lowest BCUT2D eigenvalue weighted by atomic mass is 10.0. The van der Waals surface area contributed by atoms with Gasteiger partial charge >= 0.3 is 0 Å². The number of rotatable bonds is 4. The molecule has 2 heterocycles. The monoisotopic (exact) mass is 487 g/mol. The van der Waals surface area contributed by atoms with Crippen molar-refractivity contribution in [2.45, 2.75) is 31.8 Å². The first-order valence-electron chi connectivity index (χ1n) is 9.26. The summed E-state index contributed by atoms with van der Waals surface area (Å²) in [5, 5.41) is 13.9. The van der Waals surface area contributed by atoms with E-state index >= 15 is 0 Å². The van der Waals surface area contributed by atoms with Gasteiger partial charge < -0.3 is 15.3 Å². The van der Waals surface area contributed by atoms with E-state index in [0.29, 0.717) is 6.54 Å². The summed E-state index contributed by atoms with van der Waals surface area (Å²) in [6.45, 7) is 5.43. The minimum absolute atomic E-state index is 0. The molecule has 0 aliphatic carbocycles. The van der Waals surface area contributed by atoms with Gasteiger partial charge in [-0.1, -0.05) is 42.0 Å². The third kappa shape index (κ3) is 6.16. The van der Waals surface area contributed by atoms with Crippen LogP contribution in [-0.4, -0.2) is 59.3 Å². The molecule has 26 heavy (non-hydrogen) atoms. The molecule has 2 N–H and O–H groups in total. The molecule has 3 rings (SSSR count). The third-order valence-corrected chi connectivity index (χ3v) is 6.05. The number of halogens is 1. The fourth-order valence-corrected chi connectivity index (χ4v) is 4.59. The molecule has 0 radical (unpaired) electrons. The minimum Gasteiger partial charge on any atom is -0.387 e. The summed E-state index contributed by atoms with van der Waals surface area (Å²) in [6.07, 6.45) is 5.31. The van der Waals surface area contributed by atoms with Gasteiger partial charge in [-0.15, -0.1) is 24.0 Å². The Morgan fingerprint density at radius 1 is 1.31 bits per heavy atom. The molecule has 0 spiro atoms. The molecular weight excluding hydrogens is 457 g/mol. The lowest BCUT2D eigenvalue weighted by molar-refractivity contribution is 0.0775. The minimum atomic E-state index is -0.612. The van der Waals surface area contributed by atoms with Crippen LogP contribution in [0.2, 0.25) is 0 Å². The van der Waals surface area contributed by atoms with Gasteiger partial charge in [0.15, 0.2) is 5.96 Å². The van der Waals surface area contributed by atoms with E-state index in [-0.39, 0.29) is 24.0 Å². The molecule has 2 saturated heterocycles. The highest BCUT2D eigenvalue weighted by molar-refractivity contribution is 14.0. The van der Waals surface area contributed by atoms with Crippen molar-refractivity contribution in [3.05, 3.63) is 41.5 Å². The standard InChI is InChI=1S/C20H29N3OS.HI/c1-2-21-19(22-15-20(24)10-13-25-16-20)23-11-8-18(9-12-23)14-17-6-4-3-5-7-17;/h3-7,14,24H,2,8-13,15-16H2,1H3,(H,21,22);1H. The summed E-state index contributed by atoms with van der Waals surface area (Å²) in [4.78, 5) is 7.08. The van der Waals surface area contributed by atoms with Crippen LogP contribution in [-0.2, 0) is 0 Å². The number of nitrogens with one attached hydrogen (secondary N) is 1. The zero-order valence-corrected chi connectivity index (χ0v) is 18.6. The lowest BCUT2D eigenvalue weighted by Crippen LogP contribution is -2.45. The molecule has 0 amide bonds. The Kier molecular flexibility index (Phi) is 8.76. The zero-order valence-electron chi connectivity index (χ0n) is 15.5. The van der Waals surface area contributed by atoms with Crippen molar-refractivity contribution in [2.24, 2.45) is 4.99 Å². The van der Waals surface area contributed by atoms with Gasteiger partial charge in [0.1, 0.15) is 0 Å². The Hall–Kier alpha value is -0.730. The zero-order chi connectivity index (χ0) is 17.5. The molecule has 6 heteroatoms. The maximum Gasteiger partial charge on any atom is 0.194 e. The fraction of sp³-hybridized carbons (Fsp3) is 0.550. The lowest BCUT2D eigenvalue weighted by Gasteiger charge is -2.32. The number of likely N-dealkylation sites (tertiary alicyclic amines) is 1. The number of guanidine groups is 1. The molecule has 1 unspecified atom stereocenters. The van der Waals surface area contributed by atoms with Gasteiger partial charge in [-0.05, 0) is 37.5 Å². The fourth-order valence-electron chi connectivity index (χ4n) is 3.30. The molecule has 0 bridgehead atoms. The van der Waals surface area contributed by atoms with E-state index in [1.807, 2.05) is 11.8 Å². The molecular formula is C20H30IN3OS. The number of nitrogens with zero attached hydrogens (tertiary/aromatic N) is 2. The van der Waals surface area contributed by atoms with Crippen molar-refractivity contribution in [1.82, 2.24) is 10.2 Å². The van der Waals surface area contributed by atoms with Crippen LogP contribution in [0.15, 0.2) is 40.9 Å². The first-order valence-corrected chi connectivity index (χ1v) is 10.4. The predicted molar refractivity (Wildman–Crippen MR) is 124 cm³/mol. The number of aliphatic hydroxyl groups is 1. The summed E-state index contributed by atoms with van der Waals surface area (Å²) >= 11 is 1.82. The Balaban J connectivity index is 0.00000243. The number of hydrogen-bond donors (Lipinski definition) is 2. The highest BCUT2D eigenvalue weighted by Gasteiger charge is 2.31. The predicted octanol–water partition coefficient (Wildman–Crippen LogP) is 3.62. The molecule has 2 fully saturated rings. The quantitative estimate of drug-likeness (QED) is 0.387. The second-order valence-electron chi connectivity index (χ2n) is 6.90. The molecule has 0 saturated carbocycles. The Labute approximate surface area is 178 Å². The maximum atomic E-state index is 10.5. The first-order chi connectivity index (χ1) is 12.2. The van der Waals surface area contributed by atoms with Crippen LogP contribution in [0.3, 0.4) is 0 Å². The van der Waals surface area contributed by atoms with Crippen LogP contribution in [0, 0.1) is 0 Å². The molecule has 2 aliphatic heterocycles. The first kappa shape index (κ1) is 21.6. The summed E-state index contributed by atoms with van der Waals surface area (Å²) in [5.41, 5.74) is 2.18. The van der Waals surface area contributed by atoms with Crippen molar-refractivity contribution < 1.29 is 5.11 Å². The van der Waals surface area contributed by atoms with Gasteiger partial charge in [-0.2, -0.15) is 11.8 Å². The van der Waals surface area contributed by atoms with Crippen LogP contribution in [0.25, 0.3) is 6.08 Å². The van der Waals surface area contributed by atoms with Crippen molar-refractivity contribution in [3.63, 3.8) is 0 Å². The second kappa shape index (κ2) is 10.6. The summed E-state index contributed by atoms with van der Waals surface area (Å²) < 4.78 is 0. The molecule has 1 aromatic carbocycles. The van der Waals surface area contributed by atoms with Crippen LogP contribution >= 0.6 is 35.7 Å². The van der Waals surface area contributed by atoms with Gasteiger partial charge in [0.05, 0.1) is 12.1 Å². The Bertz CT molecular complexity index is 605. The second-order valence-corrected chi connectivity index (χ2v) is 8.00. The third-order valence-electron chi connectivity index (χ3n) is 4.82. The van der Waals surface area contributed by atoms with Crippen molar-refractivity contribution in [1.29, 1.82) is 0 Å². The van der Waals surface area contributed by atoms with Gasteiger partial charge in [0.25, 0.3) is 0 Å². The largest absolute Gasteiger partial charge is 0.387 e. The smallest absolute Gasteiger partial charge is 0.194 e. The van der Waals surface area contributed by atoms with Gasteiger partial charge in [-0.3, -0.25) is 4.99 Å². The average molecular weight is 487 g/mol. The molecule has 2 aliphatic rings. The van der Waals surface area contributed by atoms with Crippen LogP contribution in [0.5, 0.6) is 0 Å². The summed E-state index contributed by atoms with van der Waals surface area (Å²) in [5.74, 6) is 2.80. The van der Waals surface area contributed by atoms with E-state index in [2.05, 4.69) is 53.5 Å². The number of hydrogen-bond acceptors (Lipinski definition) is 3. The van der Waals surface area contributed by atoms with Crippen molar-refractivity contribution in [2.75, 3.05) is 37.7 Å². The van der Waals surface area contributed by atoms with Gasteiger partial charge in [0.2, 0.25) is 0 Å². The average Bonchev–Trinajstić information content (AvgIpc) is 3.07. The van der Waals surface area contributed by atoms with Crippen molar-refractivity contribution >= 4 is 47.8 Å². The van der Waals surface area contributed by atoms with Crippen molar-refractivity contribution in [3.8, 4) is 0 Å². The number of piperidine rings is 1. The molecule has 1 aromatic rings. The highest BCUT2D eigenvalue weighted by Crippen LogP contribution is 2.28. The van der Waals surface area contributed by atoms with E-state index in [1.54, 1.807) is 0 Å². The van der Waals surface area contributed by atoms with E-state index in [0.717, 1.165) is 56.4 Å². The summed E-state index contributed by atoms with van der Waals surface area (Å²) in [7, 11) is 0. The molecule has 1 atom stereocenters. The highest BCUT2D eigenvalue weighted by atomic mass is 127. The Morgan fingerprint density at radius 3 is 2.65 bits per heavy atom.